The summed E-state index contributed by atoms with van der Waals surface area (Å²) in [6.07, 6.45) is -0.801. The molecule has 0 aromatic heterocycles. The van der Waals surface area contributed by atoms with Crippen LogP contribution in [0.15, 0.2) is 48.5 Å². The molecule has 0 aliphatic rings. The van der Waals surface area contributed by atoms with Crippen LogP contribution in [-0.2, 0) is 23.7 Å². The number of esters is 3. The van der Waals surface area contributed by atoms with Crippen molar-refractivity contribution < 1.29 is 33.3 Å². The molecular formula is C20H18I2O7. The van der Waals surface area contributed by atoms with Crippen molar-refractivity contribution in [1.29, 1.82) is 0 Å². The van der Waals surface area contributed by atoms with Gasteiger partial charge >= 0.3 is 17.9 Å². The van der Waals surface area contributed by atoms with E-state index in [4.69, 9.17) is 18.9 Å². The van der Waals surface area contributed by atoms with Gasteiger partial charge in [0.15, 0.2) is 6.79 Å². The molecule has 0 saturated carbocycles. The molecule has 29 heavy (non-hydrogen) atoms. The van der Waals surface area contributed by atoms with Crippen molar-refractivity contribution in [3.63, 3.8) is 0 Å². The predicted octanol–water partition coefficient (Wildman–Crippen LogP) is 3.82. The highest BCUT2D eigenvalue weighted by Gasteiger charge is 2.19. The van der Waals surface area contributed by atoms with Crippen LogP contribution in [0.25, 0.3) is 0 Å². The molecule has 2 aromatic carbocycles. The summed E-state index contributed by atoms with van der Waals surface area (Å²) in [5, 5.41) is 0. The summed E-state index contributed by atoms with van der Waals surface area (Å²) in [7, 11) is 0. The van der Waals surface area contributed by atoms with Gasteiger partial charge in [-0.1, -0.05) is 24.3 Å². The van der Waals surface area contributed by atoms with E-state index in [1.807, 2.05) is 57.3 Å². The van der Waals surface area contributed by atoms with Crippen LogP contribution in [0.5, 0.6) is 0 Å². The molecule has 0 fully saturated rings. The molecule has 0 saturated heterocycles. The first-order valence-corrected chi connectivity index (χ1v) is 10.6. The third-order valence-electron chi connectivity index (χ3n) is 3.55. The molecule has 2 aromatic rings. The molecule has 7 nitrogen and oxygen atoms in total. The Balaban J connectivity index is 1.96. The van der Waals surface area contributed by atoms with E-state index in [-0.39, 0.29) is 20.0 Å². The number of halogens is 2. The number of benzene rings is 2. The van der Waals surface area contributed by atoms with E-state index < -0.39 is 24.0 Å². The molecule has 0 aliphatic heterocycles. The average molecular weight is 624 g/mol. The lowest BCUT2D eigenvalue weighted by atomic mass is 10.2. The Hall–Kier alpha value is -1.73. The van der Waals surface area contributed by atoms with Gasteiger partial charge in [-0.2, -0.15) is 0 Å². The molecule has 0 atom stereocenters. The summed E-state index contributed by atoms with van der Waals surface area (Å²) in [5.41, 5.74) is 0.838. The Kier molecular flexibility index (Phi) is 9.81. The lowest BCUT2D eigenvalue weighted by Gasteiger charge is -2.18. The van der Waals surface area contributed by atoms with Gasteiger partial charge in [0.05, 0.1) is 11.1 Å². The summed E-state index contributed by atoms with van der Waals surface area (Å²) in [4.78, 5) is 35.5. The maximum absolute atomic E-state index is 12.3. The van der Waals surface area contributed by atoms with E-state index in [9.17, 15) is 14.4 Å². The molecule has 9 heteroatoms. The third-order valence-corrected chi connectivity index (χ3v) is 5.44. The molecular weight excluding hydrogens is 606 g/mol. The fourth-order valence-electron chi connectivity index (χ4n) is 2.10. The number of hydrogen-bond acceptors (Lipinski definition) is 7. The van der Waals surface area contributed by atoms with Crippen LogP contribution in [0.3, 0.4) is 0 Å². The Morgan fingerprint density at radius 3 is 1.66 bits per heavy atom. The zero-order valence-electron chi connectivity index (χ0n) is 15.4. The number of rotatable bonds is 9. The normalized spacial score (nSPS) is 10.5. The van der Waals surface area contributed by atoms with Gasteiger partial charge in [0.2, 0.25) is 0 Å². The van der Waals surface area contributed by atoms with Gasteiger partial charge in [-0.05, 0) is 69.4 Å². The first kappa shape index (κ1) is 23.5. The Morgan fingerprint density at radius 1 is 0.793 bits per heavy atom. The van der Waals surface area contributed by atoms with Crippen molar-refractivity contribution in [2.45, 2.75) is 13.0 Å². The van der Waals surface area contributed by atoms with Gasteiger partial charge in [-0.25, -0.2) is 9.59 Å². The van der Waals surface area contributed by atoms with Crippen molar-refractivity contribution >= 4 is 63.1 Å². The predicted molar refractivity (Wildman–Crippen MR) is 120 cm³/mol. The smallest absolute Gasteiger partial charge is 0.339 e. The summed E-state index contributed by atoms with van der Waals surface area (Å²) in [6, 6.07) is 14.0. The van der Waals surface area contributed by atoms with Gasteiger partial charge in [-0.3, -0.25) is 4.79 Å². The summed E-state index contributed by atoms with van der Waals surface area (Å²) < 4.78 is 22.2. The summed E-state index contributed by atoms with van der Waals surface area (Å²) in [5.74, 6) is -1.57. The quantitative estimate of drug-likeness (QED) is 0.182. The Morgan fingerprint density at radius 2 is 1.24 bits per heavy atom. The zero-order chi connectivity index (χ0) is 21.2. The standard InChI is InChI=1S/C20H18I2O7/c1-13(23)28-12-29-14(10-26-19(24)15-6-2-4-8-17(15)21)11-27-20(25)16-7-3-5-9-18(16)22/h2-9,14H,10-12H2,1H3. The highest BCUT2D eigenvalue weighted by Crippen LogP contribution is 2.14. The van der Waals surface area contributed by atoms with Crippen LogP contribution in [0, 0.1) is 7.14 Å². The van der Waals surface area contributed by atoms with Crippen LogP contribution in [0.1, 0.15) is 27.6 Å². The number of carbonyl (C=O) groups is 3. The SMILES string of the molecule is CC(=O)OCOC(COC(=O)c1ccccc1I)COC(=O)c1ccccc1I. The number of hydrogen-bond donors (Lipinski definition) is 0. The van der Waals surface area contributed by atoms with E-state index in [0.29, 0.717) is 11.1 Å². The molecule has 154 valence electrons. The van der Waals surface area contributed by atoms with Crippen LogP contribution >= 0.6 is 45.2 Å². The minimum Gasteiger partial charge on any atom is -0.459 e. The minimum absolute atomic E-state index is 0.176. The largest absolute Gasteiger partial charge is 0.459 e. The van der Waals surface area contributed by atoms with Gasteiger partial charge in [-0.15, -0.1) is 0 Å². The van der Waals surface area contributed by atoms with Gasteiger partial charge in [0.1, 0.15) is 19.3 Å². The third kappa shape index (κ3) is 7.90. The van der Waals surface area contributed by atoms with Gasteiger partial charge in [0.25, 0.3) is 0 Å². The molecule has 0 unspecified atom stereocenters. The first-order chi connectivity index (χ1) is 13.9. The fraction of sp³-hybridized carbons (Fsp3) is 0.250. The van der Waals surface area contributed by atoms with E-state index in [2.05, 4.69) is 0 Å². The molecule has 0 amide bonds. The molecule has 0 radical (unpaired) electrons. The lowest BCUT2D eigenvalue weighted by molar-refractivity contribution is -0.162. The van der Waals surface area contributed by atoms with Crippen molar-refractivity contribution in [1.82, 2.24) is 0 Å². The summed E-state index contributed by atoms with van der Waals surface area (Å²) in [6.45, 7) is 0.544. The molecule has 0 bridgehead atoms. The van der Waals surface area contributed by atoms with Crippen LogP contribution < -0.4 is 0 Å². The van der Waals surface area contributed by atoms with Crippen molar-refractivity contribution in [2.24, 2.45) is 0 Å². The van der Waals surface area contributed by atoms with Crippen molar-refractivity contribution in [3.8, 4) is 0 Å². The Labute approximate surface area is 195 Å². The maximum atomic E-state index is 12.3. The Bertz CT molecular complexity index is 808. The van der Waals surface area contributed by atoms with Crippen LogP contribution in [0.2, 0.25) is 0 Å². The first-order valence-electron chi connectivity index (χ1n) is 8.46. The highest BCUT2D eigenvalue weighted by molar-refractivity contribution is 14.1. The highest BCUT2D eigenvalue weighted by atomic mass is 127. The monoisotopic (exact) mass is 624 g/mol. The van der Waals surface area contributed by atoms with Gasteiger partial charge < -0.3 is 18.9 Å². The molecule has 0 spiro atoms. The second-order valence-electron chi connectivity index (χ2n) is 5.70. The minimum atomic E-state index is -0.801. The second kappa shape index (κ2) is 12.1. The van der Waals surface area contributed by atoms with E-state index in [1.165, 1.54) is 6.92 Å². The molecule has 0 heterocycles. The molecule has 0 aliphatic carbocycles. The summed E-state index contributed by atoms with van der Waals surface area (Å²) >= 11 is 4.08. The molecule has 2 rings (SSSR count). The van der Waals surface area contributed by atoms with Crippen LogP contribution in [0.4, 0.5) is 0 Å². The molecule has 0 N–H and O–H groups in total. The topological polar surface area (TPSA) is 88.1 Å². The van der Waals surface area contributed by atoms with Crippen molar-refractivity contribution in [3.05, 3.63) is 66.8 Å². The van der Waals surface area contributed by atoms with Crippen LogP contribution in [-0.4, -0.2) is 44.0 Å². The number of carbonyl (C=O) groups excluding carboxylic acids is 3. The van der Waals surface area contributed by atoms with E-state index in [0.717, 1.165) is 7.14 Å². The maximum Gasteiger partial charge on any atom is 0.339 e. The second-order valence-corrected chi connectivity index (χ2v) is 8.02. The van der Waals surface area contributed by atoms with Crippen molar-refractivity contribution in [2.75, 3.05) is 20.0 Å². The fourth-order valence-corrected chi connectivity index (χ4v) is 3.32. The number of ether oxygens (including phenoxy) is 4. The van der Waals surface area contributed by atoms with Gasteiger partial charge in [0, 0.05) is 14.1 Å². The van der Waals surface area contributed by atoms with E-state index in [1.54, 1.807) is 36.4 Å². The van der Waals surface area contributed by atoms with E-state index >= 15 is 0 Å². The zero-order valence-corrected chi connectivity index (χ0v) is 19.7. The lowest BCUT2D eigenvalue weighted by Crippen LogP contribution is -2.30. The average Bonchev–Trinajstić information content (AvgIpc) is 2.69.